The van der Waals surface area contributed by atoms with Crippen LogP contribution in [0.1, 0.15) is 22.3 Å². The van der Waals surface area contributed by atoms with Gasteiger partial charge >= 0.3 is 0 Å². The standard InChI is InChI=1S/C22H16N4.C12H13N.C11H10/c23-22(24)15-11-12-25-20(13-15)26-18-8-4-3-7-17(18)21-16-6-2-1-5-14(16)9-10-19(21)26;13-9-11-7-2-1-5-10-6-3-4-8-12(10)11;1-9-5-4-7-10-6-2-3-8-11(9)10/h1-13H,(H3,23,24);1-4,6-8H,5,9,13H2;2-8H,1H3. The van der Waals surface area contributed by atoms with Crippen molar-refractivity contribution in [1.82, 2.24) is 9.55 Å². The van der Waals surface area contributed by atoms with Crippen LogP contribution in [-0.2, 0) is 6.42 Å². The summed E-state index contributed by atoms with van der Waals surface area (Å²) in [5.41, 5.74) is 19.5. The number of allylic oxidation sites excluding steroid dienone is 3. The van der Waals surface area contributed by atoms with Gasteiger partial charge in [0.1, 0.15) is 11.7 Å². The largest absolute Gasteiger partial charge is 0.384 e. The molecule has 5 nitrogen and oxygen atoms in total. The lowest BCUT2D eigenvalue weighted by atomic mass is 9.99. The highest BCUT2D eigenvalue weighted by Gasteiger charge is 2.15. The molecule has 0 fully saturated rings. The van der Waals surface area contributed by atoms with Gasteiger partial charge in [0.2, 0.25) is 0 Å². The highest BCUT2D eigenvalue weighted by Crippen LogP contribution is 2.36. The maximum absolute atomic E-state index is 7.73. The SMILES string of the molecule is Cc1cccc2ccccc12.N=C(N)c1ccnc(-n2c3ccccc3c3c4ccccc4ccc32)c1.NCC1=CC=CCc2ccccc21. The van der Waals surface area contributed by atoms with Crippen LogP contribution in [0.4, 0.5) is 0 Å². The Kier molecular flexibility index (Phi) is 9.32. The van der Waals surface area contributed by atoms with Crippen LogP contribution in [0.15, 0.2) is 164 Å². The van der Waals surface area contributed by atoms with Gasteiger partial charge in [0.15, 0.2) is 0 Å². The first-order valence-electron chi connectivity index (χ1n) is 16.8. The predicted molar refractivity (Wildman–Crippen MR) is 212 cm³/mol. The van der Waals surface area contributed by atoms with Crippen LogP contribution < -0.4 is 11.5 Å². The van der Waals surface area contributed by atoms with Crippen molar-refractivity contribution in [2.24, 2.45) is 11.5 Å². The number of aryl methyl sites for hydroxylation is 1. The molecule has 6 aromatic carbocycles. The van der Waals surface area contributed by atoms with Crippen LogP contribution in [0.25, 0.3) is 54.7 Å². The number of benzene rings is 6. The van der Waals surface area contributed by atoms with Crippen molar-refractivity contribution in [3.63, 3.8) is 0 Å². The van der Waals surface area contributed by atoms with Gasteiger partial charge in [-0.1, -0.05) is 133 Å². The smallest absolute Gasteiger partial charge is 0.138 e. The number of nitrogens with zero attached hydrogens (tertiary/aromatic N) is 2. The predicted octanol–water partition coefficient (Wildman–Crippen LogP) is 9.91. The molecular weight excluding hydrogens is 611 g/mol. The van der Waals surface area contributed by atoms with Gasteiger partial charge in [-0.3, -0.25) is 9.98 Å². The van der Waals surface area contributed by atoms with Crippen molar-refractivity contribution in [3.05, 3.63) is 186 Å². The van der Waals surface area contributed by atoms with Gasteiger partial charge in [0.05, 0.1) is 11.0 Å². The lowest BCUT2D eigenvalue weighted by molar-refractivity contribution is 1.08. The topological polar surface area (TPSA) is 93.7 Å². The number of amidine groups is 1. The average molecular weight is 650 g/mol. The van der Waals surface area contributed by atoms with Gasteiger partial charge < -0.3 is 11.5 Å². The number of para-hydroxylation sites is 1. The number of hydrogen-bond acceptors (Lipinski definition) is 3. The van der Waals surface area contributed by atoms with Gasteiger partial charge in [-0.25, -0.2) is 4.98 Å². The summed E-state index contributed by atoms with van der Waals surface area (Å²) in [6.45, 7) is 2.75. The summed E-state index contributed by atoms with van der Waals surface area (Å²) in [4.78, 5) is 4.56. The van der Waals surface area contributed by atoms with Gasteiger partial charge in [0.25, 0.3) is 0 Å². The van der Waals surface area contributed by atoms with Crippen LogP contribution in [-0.4, -0.2) is 21.9 Å². The Morgan fingerprint density at radius 1 is 0.720 bits per heavy atom. The normalized spacial score (nSPS) is 12.0. The molecule has 0 radical (unpaired) electrons. The van der Waals surface area contributed by atoms with Crippen molar-refractivity contribution < 1.29 is 0 Å². The first kappa shape index (κ1) is 32.3. The van der Waals surface area contributed by atoms with Crippen molar-refractivity contribution in [1.29, 1.82) is 5.41 Å². The third-order valence-electron chi connectivity index (χ3n) is 9.21. The molecule has 0 bridgehead atoms. The second-order valence-electron chi connectivity index (χ2n) is 12.3. The lowest BCUT2D eigenvalue weighted by Gasteiger charge is -2.08. The molecule has 0 saturated carbocycles. The molecule has 5 heteroatoms. The van der Waals surface area contributed by atoms with Gasteiger partial charge in [-0.15, -0.1) is 0 Å². The van der Waals surface area contributed by atoms with Gasteiger partial charge in [-0.05, 0) is 81.4 Å². The number of fused-ring (bicyclic) bond motifs is 7. The number of nitrogen functional groups attached to an aromatic ring is 1. The molecule has 2 aromatic heterocycles. The molecular formula is C45H39N5. The monoisotopic (exact) mass is 649 g/mol. The maximum Gasteiger partial charge on any atom is 0.138 e. The fraction of sp³-hybridized carbons (Fsp3) is 0.0667. The molecule has 244 valence electrons. The number of aromatic nitrogens is 2. The number of nitrogens with two attached hydrogens (primary N) is 2. The Morgan fingerprint density at radius 3 is 2.18 bits per heavy atom. The first-order valence-corrected chi connectivity index (χ1v) is 16.8. The summed E-state index contributed by atoms with van der Waals surface area (Å²) >= 11 is 0. The van der Waals surface area contributed by atoms with E-state index in [0.29, 0.717) is 12.1 Å². The van der Waals surface area contributed by atoms with Crippen molar-refractivity contribution in [3.8, 4) is 5.82 Å². The Hall–Kier alpha value is -6.30. The molecule has 50 heavy (non-hydrogen) atoms. The van der Waals surface area contributed by atoms with E-state index in [9.17, 15) is 0 Å². The summed E-state index contributed by atoms with van der Waals surface area (Å²) in [5, 5.41) is 15.3. The minimum atomic E-state index is 0.0415. The van der Waals surface area contributed by atoms with Crippen LogP contribution in [0.3, 0.4) is 0 Å². The zero-order valence-corrected chi connectivity index (χ0v) is 28.1. The second kappa shape index (κ2) is 14.4. The Bertz CT molecular complexity index is 2550. The summed E-state index contributed by atoms with van der Waals surface area (Å²) in [5.74, 6) is 0.805. The average Bonchev–Trinajstić information content (AvgIpc) is 3.36. The van der Waals surface area contributed by atoms with E-state index in [1.54, 1.807) is 12.3 Å². The maximum atomic E-state index is 7.73. The van der Waals surface area contributed by atoms with Gasteiger partial charge in [-0.2, -0.15) is 0 Å². The zero-order chi connectivity index (χ0) is 34.5. The van der Waals surface area contributed by atoms with E-state index in [1.807, 2.05) is 12.1 Å². The molecule has 0 aliphatic heterocycles. The third kappa shape index (κ3) is 6.42. The van der Waals surface area contributed by atoms with Crippen LogP contribution in [0, 0.1) is 12.3 Å². The molecule has 2 heterocycles. The fourth-order valence-electron chi connectivity index (χ4n) is 6.74. The molecule has 1 aliphatic carbocycles. The van der Waals surface area contributed by atoms with E-state index in [2.05, 4.69) is 156 Å². The first-order chi connectivity index (χ1) is 24.5. The number of pyridine rings is 1. The van der Waals surface area contributed by atoms with E-state index in [0.717, 1.165) is 23.3 Å². The fourth-order valence-corrected chi connectivity index (χ4v) is 6.74. The molecule has 5 N–H and O–H groups in total. The Morgan fingerprint density at radius 2 is 1.40 bits per heavy atom. The highest BCUT2D eigenvalue weighted by molar-refractivity contribution is 6.21. The Labute approximate surface area is 292 Å². The number of nitrogens with one attached hydrogen (secondary N) is 1. The Balaban J connectivity index is 0.000000136. The van der Waals surface area contributed by atoms with Crippen LogP contribution in [0.5, 0.6) is 0 Å². The van der Waals surface area contributed by atoms with E-state index >= 15 is 0 Å². The summed E-state index contributed by atoms with van der Waals surface area (Å²) in [6, 6.07) is 47.9. The molecule has 1 aliphatic rings. The summed E-state index contributed by atoms with van der Waals surface area (Å²) < 4.78 is 2.14. The lowest BCUT2D eigenvalue weighted by Crippen LogP contribution is -2.12. The molecule has 8 aromatic rings. The number of rotatable bonds is 3. The second-order valence-corrected chi connectivity index (χ2v) is 12.3. The molecule has 0 atom stereocenters. The van der Waals surface area contributed by atoms with E-state index in [1.165, 1.54) is 54.6 Å². The van der Waals surface area contributed by atoms with E-state index in [-0.39, 0.29) is 5.84 Å². The minimum Gasteiger partial charge on any atom is -0.384 e. The van der Waals surface area contributed by atoms with Gasteiger partial charge in [0, 0.05) is 29.1 Å². The molecule has 0 amide bonds. The van der Waals surface area contributed by atoms with Crippen LogP contribution in [0.2, 0.25) is 0 Å². The molecule has 0 unspecified atom stereocenters. The van der Waals surface area contributed by atoms with Crippen molar-refractivity contribution in [2.45, 2.75) is 13.3 Å². The molecule has 0 saturated heterocycles. The molecule has 9 rings (SSSR count). The van der Waals surface area contributed by atoms with E-state index in [4.69, 9.17) is 16.9 Å². The molecule has 0 spiro atoms. The van der Waals surface area contributed by atoms with Crippen molar-refractivity contribution >= 4 is 54.8 Å². The third-order valence-corrected chi connectivity index (χ3v) is 9.21. The number of hydrogen-bond donors (Lipinski definition) is 3. The highest BCUT2D eigenvalue weighted by atomic mass is 15.1. The summed E-state index contributed by atoms with van der Waals surface area (Å²) in [6.07, 6.45) is 9.07. The quantitative estimate of drug-likeness (QED) is 0.131. The summed E-state index contributed by atoms with van der Waals surface area (Å²) in [7, 11) is 0. The van der Waals surface area contributed by atoms with E-state index < -0.39 is 0 Å². The minimum absolute atomic E-state index is 0.0415. The zero-order valence-electron chi connectivity index (χ0n) is 28.1. The van der Waals surface area contributed by atoms with Crippen molar-refractivity contribution in [2.75, 3.05) is 6.54 Å². The van der Waals surface area contributed by atoms with Crippen LogP contribution >= 0.6 is 0 Å².